The Morgan fingerprint density at radius 3 is 2.63 bits per heavy atom. The number of methoxy groups -OCH3 is 1. The van der Waals surface area contributed by atoms with Crippen LogP contribution in [0.2, 0.25) is 0 Å². The standard InChI is InChI=1S/C22H24F3N5O3S2/c1-32-18-5-3-4-17(13-18)30(35(2,28-31)29-8-10-34-11-9-29)14-16-7-6-15(12-19(16)23)21-26-27-22(33-21)20(24)25/h3-7,12-13,20H,8-11,14H2,1-2H3. The van der Waals surface area contributed by atoms with Crippen LogP contribution < -0.4 is 9.04 Å². The number of rotatable bonds is 9. The minimum atomic E-state index is -2.92. The zero-order valence-corrected chi connectivity index (χ0v) is 20.7. The number of aromatic nitrogens is 2. The first-order valence-corrected chi connectivity index (χ1v) is 13.7. The first kappa shape index (κ1) is 25.3. The van der Waals surface area contributed by atoms with E-state index in [4.69, 9.17) is 9.15 Å². The zero-order chi connectivity index (χ0) is 25.0. The molecule has 2 aromatic carbocycles. The Hall–Kier alpha value is -2.77. The largest absolute Gasteiger partial charge is 0.497 e. The highest BCUT2D eigenvalue weighted by Gasteiger charge is 2.36. The first-order valence-electron chi connectivity index (χ1n) is 10.6. The molecule has 0 saturated carbocycles. The summed E-state index contributed by atoms with van der Waals surface area (Å²) in [6.45, 7) is 1.42. The van der Waals surface area contributed by atoms with Gasteiger partial charge in [0.1, 0.15) is 11.6 Å². The molecule has 0 radical (unpaired) electrons. The third-order valence-electron chi connectivity index (χ3n) is 5.60. The molecule has 2 heterocycles. The van der Waals surface area contributed by atoms with Gasteiger partial charge in [-0.3, -0.25) is 4.31 Å². The van der Waals surface area contributed by atoms with Gasteiger partial charge in [-0.15, -0.1) is 15.1 Å². The van der Waals surface area contributed by atoms with Crippen molar-refractivity contribution in [2.24, 2.45) is 4.58 Å². The van der Waals surface area contributed by atoms with Gasteiger partial charge in [0.2, 0.25) is 5.89 Å². The van der Waals surface area contributed by atoms with Gasteiger partial charge in [-0.2, -0.15) is 20.5 Å². The molecule has 0 bridgehead atoms. The molecule has 13 heteroatoms. The molecule has 35 heavy (non-hydrogen) atoms. The summed E-state index contributed by atoms with van der Waals surface area (Å²) < 4.78 is 58.6. The van der Waals surface area contributed by atoms with Gasteiger partial charge in [-0.25, -0.2) is 8.70 Å². The minimum Gasteiger partial charge on any atom is -0.497 e. The van der Waals surface area contributed by atoms with Crippen LogP contribution in [0.15, 0.2) is 51.5 Å². The lowest BCUT2D eigenvalue weighted by Crippen LogP contribution is -2.42. The van der Waals surface area contributed by atoms with Gasteiger partial charge >= 0.3 is 6.43 Å². The van der Waals surface area contributed by atoms with E-state index in [1.54, 1.807) is 31.6 Å². The Morgan fingerprint density at radius 1 is 1.23 bits per heavy atom. The first-order chi connectivity index (χ1) is 16.9. The van der Waals surface area contributed by atoms with Crippen LogP contribution >= 0.6 is 22.3 Å². The molecule has 1 aromatic heterocycles. The predicted molar refractivity (Wildman–Crippen MR) is 132 cm³/mol. The zero-order valence-electron chi connectivity index (χ0n) is 19.1. The number of hydrogen-bond acceptors (Lipinski definition) is 9. The molecule has 1 saturated heterocycles. The van der Waals surface area contributed by atoms with Gasteiger partial charge in [0, 0.05) is 63.2 Å². The van der Waals surface area contributed by atoms with Crippen LogP contribution in [0.25, 0.3) is 11.5 Å². The molecule has 1 aliphatic rings. The third-order valence-corrected chi connectivity index (χ3v) is 9.34. The fourth-order valence-electron chi connectivity index (χ4n) is 3.70. The van der Waals surface area contributed by atoms with Crippen LogP contribution in [0.1, 0.15) is 17.9 Å². The monoisotopic (exact) mass is 527 g/mol. The Morgan fingerprint density at radius 2 is 2.00 bits per heavy atom. The molecule has 1 fully saturated rings. The Balaban J connectivity index is 1.70. The van der Waals surface area contributed by atoms with Crippen molar-refractivity contribution < 1.29 is 22.3 Å². The summed E-state index contributed by atoms with van der Waals surface area (Å²) in [6.07, 6.45) is -1.12. The van der Waals surface area contributed by atoms with Gasteiger partial charge in [0.25, 0.3) is 5.89 Å². The highest BCUT2D eigenvalue weighted by atomic mass is 32.3. The maximum Gasteiger partial charge on any atom is 0.314 e. The number of hydrogen-bond donors (Lipinski definition) is 0. The third kappa shape index (κ3) is 5.41. The molecule has 0 N–H and O–H groups in total. The molecule has 1 unspecified atom stereocenters. The van der Waals surface area contributed by atoms with Crippen LogP contribution in [0, 0.1) is 10.7 Å². The van der Waals surface area contributed by atoms with Crippen LogP contribution in [-0.2, 0) is 6.54 Å². The number of nitrogens with zero attached hydrogens (tertiary/aromatic N) is 5. The van der Waals surface area contributed by atoms with Crippen molar-refractivity contribution in [2.45, 2.75) is 13.0 Å². The molecule has 0 spiro atoms. The van der Waals surface area contributed by atoms with E-state index in [-0.39, 0.29) is 18.0 Å². The van der Waals surface area contributed by atoms with Gasteiger partial charge < -0.3 is 9.15 Å². The highest BCUT2D eigenvalue weighted by Crippen LogP contribution is 2.56. The summed E-state index contributed by atoms with van der Waals surface area (Å²) in [6, 6.07) is 11.4. The van der Waals surface area contributed by atoms with Crippen LogP contribution in [0.5, 0.6) is 5.75 Å². The fraction of sp³-hybridized carbons (Fsp3) is 0.364. The van der Waals surface area contributed by atoms with Crippen molar-refractivity contribution in [1.29, 1.82) is 0 Å². The number of anilines is 1. The topological polar surface area (TPSA) is 84.1 Å². The summed E-state index contributed by atoms with van der Waals surface area (Å²) in [5, 5.41) is 6.85. The average molecular weight is 528 g/mol. The van der Waals surface area contributed by atoms with Crippen molar-refractivity contribution >= 4 is 28.0 Å². The highest BCUT2D eigenvalue weighted by molar-refractivity contribution is 8.31. The summed E-state index contributed by atoms with van der Waals surface area (Å²) in [4.78, 5) is 12.3. The summed E-state index contributed by atoms with van der Waals surface area (Å²) >= 11 is 1.81. The number of alkyl halides is 2. The number of thioether (sulfide) groups is 1. The second kappa shape index (κ2) is 10.9. The Labute approximate surface area is 206 Å². The second-order valence-electron chi connectivity index (χ2n) is 7.70. The van der Waals surface area contributed by atoms with E-state index in [2.05, 4.69) is 19.1 Å². The van der Waals surface area contributed by atoms with Crippen molar-refractivity contribution in [2.75, 3.05) is 42.3 Å². The van der Waals surface area contributed by atoms with E-state index in [1.807, 2.05) is 22.1 Å². The van der Waals surface area contributed by atoms with Gasteiger partial charge in [0.05, 0.1) is 19.3 Å². The predicted octanol–water partition coefficient (Wildman–Crippen LogP) is 5.82. The summed E-state index contributed by atoms with van der Waals surface area (Å²) in [5.74, 6) is 0.706. The van der Waals surface area contributed by atoms with E-state index in [0.29, 0.717) is 30.1 Å². The quantitative estimate of drug-likeness (QED) is 0.322. The van der Waals surface area contributed by atoms with Gasteiger partial charge in [-0.1, -0.05) is 12.1 Å². The number of ether oxygens (including phenoxy) is 1. The number of halogens is 3. The molecule has 3 aromatic rings. The molecule has 1 atom stereocenters. The smallest absolute Gasteiger partial charge is 0.314 e. The van der Waals surface area contributed by atoms with Crippen LogP contribution in [0.3, 0.4) is 0 Å². The second-order valence-corrected chi connectivity index (χ2v) is 11.6. The van der Waals surface area contributed by atoms with Crippen molar-refractivity contribution in [3.05, 3.63) is 64.6 Å². The van der Waals surface area contributed by atoms with Gasteiger partial charge in [0.15, 0.2) is 0 Å². The maximum absolute atomic E-state index is 15.3. The van der Waals surface area contributed by atoms with Crippen LogP contribution in [-0.4, -0.2) is 52.5 Å². The summed E-state index contributed by atoms with van der Waals surface area (Å²) in [5.41, 5.74) is 1.14. The lowest BCUT2D eigenvalue weighted by atomic mass is 10.1. The average Bonchev–Trinajstić information content (AvgIpc) is 3.39. The molecule has 188 valence electrons. The van der Waals surface area contributed by atoms with Gasteiger partial charge in [-0.05, 0) is 24.3 Å². The van der Waals surface area contributed by atoms with E-state index in [9.17, 15) is 13.7 Å². The minimum absolute atomic E-state index is 0.0482. The van der Waals surface area contributed by atoms with E-state index in [0.717, 1.165) is 17.6 Å². The van der Waals surface area contributed by atoms with Crippen molar-refractivity contribution in [3.8, 4) is 17.2 Å². The molecule has 0 amide bonds. The van der Waals surface area contributed by atoms with E-state index < -0.39 is 28.7 Å². The maximum atomic E-state index is 15.3. The van der Waals surface area contributed by atoms with Crippen LogP contribution in [0.4, 0.5) is 18.9 Å². The molecule has 0 aliphatic carbocycles. The molecule has 8 nitrogen and oxygen atoms in total. The Bertz CT molecular complexity index is 1180. The normalized spacial score (nSPS) is 17.1. The number of benzene rings is 2. The molecular weight excluding hydrogens is 503 g/mol. The molecule has 1 aliphatic heterocycles. The fourth-order valence-corrected chi connectivity index (χ4v) is 7.06. The molecule has 4 rings (SSSR count). The lowest BCUT2D eigenvalue weighted by molar-refractivity contribution is 0.116. The SMILES string of the molecule is COc1cccc(N(Cc2ccc(-c3nnc(C(F)F)o3)cc2F)S(C)(N=O)N2CCSCC2)c1. The van der Waals surface area contributed by atoms with Crippen molar-refractivity contribution in [1.82, 2.24) is 14.5 Å². The molecular formula is C22H24F3N5O3S2. The lowest BCUT2D eigenvalue weighted by Gasteiger charge is -2.49. The van der Waals surface area contributed by atoms with E-state index >= 15 is 4.39 Å². The van der Waals surface area contributed by atoms with Crippen molar-refractivity contribution in [3.63, 3.8) is 0 Å². The Kier molecular flexibility index (Phi) is 7.87. The number of nitroso groups, excluding NO2 is 1. The summed E-state index contributed by atoms with van der Waals surface area (Å²) in [7, 11) is -0.858. The van der Waals surface area contributed by atoms with E-state index in [1.165, 1.54) is 12.1 Å².